The highest BCUT2D eigenvalue weighted by atomic mass is 16.5. The van der Waals surface area contributed by atoms with E-state index in [1.807, 2.05) is 66.7 Å². The summed E-state index contributed by atoms with van der Waals surface area (Å²) in [6.07, 6.45) is 7.66. The van der Waals surface area contributed by atoms with Crippen molar-refractivity contribution in [2.45, 2.75) is 59.0 Å². The average molecular weight is 710 g/mol. The summed E-state index contributed by atoms with van der Waals surface area (Å²) in [5.41, 5.74) is 4.58. The highest BCUT2D eigenvalue weighted by Crippen LogP contribution is 2.33. The summed E-state index contributed by atoms with van der Waals surface area (Å²) in [6.45, 7) is 10.2. The van der Waals surface area contributed by atoms with Crippen LogP contribution in [-0.2, 0) is 18.4 Å². The highest BCUT2D eigenvalue weighted by molar-refractivity contribution is 6.07. The molecule has 270 valence electrons. The Kier molecular flexibility index (Phi) is 10.0. The lowest BCUT2D eigenvalue weighted by atomic mass is 9.92. The van der Waals surface area contributed by atoms with E-state index >= 15 is 0 Å². The smallest absolute Gasteiger partial charge is 0.324 e. The van der Waals surface area contributed by atoms with Crippen molar-refractivity contribution in [1.82, 2.24) is 29.6 Å². The summed E-state index contributed by atoms with van der Waals surface area (Å²) in [4.78, 5) is 41.1. The standard InChI is InChI=1S/C41H43N9O3/c1-5-27-11-10-12-29(21-27)50-38(23-35(48-50)41(2,3)4)47-40(52)45-32-15-16-34(31-14-7-6-13-30(31)32)53-26-28-17-18-42-36(22-28)46-37-25-43-33(24-44-37)39(51)49-19-8-9-20-49/h6-7,10-18,21-25H,5,8-9,19-20,26H2,1-4H3,(H,42,44,46)(H2,45,47,52). The zero-order chi connectivity index (χ0) is 37.0. The van der Waals surface area contributed by atoms with E-state index in [-0.39, 0.29) is 24.0 Å². The molecule has 12 nitrogen and oxygen atoms in total. The minimum atomic E-state index is -0.383. The van der Waals surface area contributed by atoms with Crippen molar-refractivity contribution in [3.63, 3.8) is 0 Å². The number of benzene rings is 3. The quantitative estimate of drug-likeness (QED) is 0.129. The number of carbonyl (C=O) groups is 2. The van der Waals surface area contributed by atoms with Gasteiger partial charge in [0.2, 0.25) is 0 Å². The molecule has 0 saturated carbocycles. The van der Waals surface area contributed by atoms with Gasteiger partial charge in [-0.3, -0.25) is 10.1 Å². The molecule has 0 aliphatic carbocycles. The van der Waals surface area contributed by atoms with Gasteiger partial charge in [-0.05, 0) is 66.8 Å². The van der Waals surface area contributed by atoms with Gasteiger partial charge in [0.15, 0.2) is 0 Å². The molecule has 1 fully saturated rings. The van der Waals surface area contributed by atoms with Crippen molar-refractivity contribution < 1.29 is 14.3 Å². The number of urea groups is 1. The fourth-order valence-corrected chi connectivity index (χ4v) is 6.23. The highest BCUT2D eigenvalue weighted by Gasteiger charge is 2.23. The first-order valence-corrected chi connectivity index (χ1v) is 17.9. The fraction of sp³-hybridized carbons (Fsp3) is 0.268. The van der Waals surface area contributed by atoms with E-state index < -0.39 is 0 Å². The van der Waals surface area contributed by atoms with E-state index in [2.05, 4.69) is 70.7 Å². The molecular weight excluding hydrogens is 667 g/mol. The first-order chi connectivity index (χ1) is 25.6. The van der Waals surface area contributed by atoms with Gasteiger partial charge in [0.05, 0.1) is 29.5 Å². The Labute approximate surface area is 308 Å². The van der Waals surface area contributed by atoms with Crippen LogP contribution in [0.4, 0.5) is 27.9 Å². The molecule has 4 heterocycles. The number of aromatic nitrogens is 5. The summed E-state index contributed by atoms with van der Waals surface area (Å²) in [7, 11) is 0. The maximum absolute atomic E-state index is 13.5. The van der Waals surface area contributed by atoms with Gasteiger partial charge in [-0.2, -0.15) is 5.10 Å². The van der Waals surface area contributed by atoms with E-state index in [1.165, 1.54) is 11.8 Å². The van der Waals surface area contributed by atoms with Crippen LogP contribution in [0, 0.1) is 0 Å². The molecule has 1 aliphatic heterocycles. The van der Waals surface area contributed by atoms with Crippen molar-refractivity contribution >= 4 is 45.9 Å². The normalized spacial score (nSPS) is 12.9. The van der Waals surface area contributed by atoms with E-state index in [4.69, 9.17) is 9.84 Å². The second-order valence-corrected chi connectivity index (χ2v) is 14.1. The third kappa shape index (κ3) is 8.12. The number of rotatable bonds is 10. The summed E-state index contributed by atoms with van der Waals surface area (Å²) < 4.78 is 8.10. The lowest BCUT2D eigenvalue weighted by Gasteiger charge is -2.15. The largest absolute Gasteiger partial charge is 0.488 e. The van der Waals surface area contributed by atoms with Gasteiger partial charge in [0, 0.05) is 41.5 Å². The number of ether oxygens (including phenoxy) is 1. The Balaban J connectivity index is 1.03. The average Bonchev–Trinajstić information content (AvgIpc) is 3.86. The third-order valence-corrected chi connectivity index (χ3v) is 9.15. The minimum Gasteiger partial charge on any atom is -0.488 e. The number of nitrogens with zero attached hydrogens (tertiary/aromatic N) is 6. The molecule has 3 N–H and O–H groups in total. The van der Waals surface area contributed by atoms with Gasteiger partial charge in [-0.15, -0.1) is 0 Å². The number of hydrogen-bond donors (Lipinski definition) is 3. The van der Waals surface area contributed by atoms with Crippen molar-refractivity contribution in [3.8, 4) is 11.4 Å². The van der Waals surface area contributed by atoms with Crippen LogP contribution in [0.2, 0.25) is 0 Å². The number of aryl methyl sites for hydroxylation is 1. The first-order valence-electron chi connectivity index (χ1n) is 17.9. The molecule has 0 unspecified atom stereocenters. The number of carbonyl (C=O) groups excluding carboxylic acids is 2. The molecular formula is C41H43N9O3. The molecule has 6 aromatic rings. The van der Waals surface area contributed by atoms with Crippen LogP contribution >= 0.6 is 0 Å². The van der Waals surface area contributed by atoms with Crippen molar-refractivity contribution in [2.75, 3.05) is 29.0 Å². The summed E-state index contributed by atoms with van der Waals surface area (Å²) in [5, 5.41) is 15.8. The predicted molar refractivity (Wildman–Crippen MR) is 207 cm³/mol. The number of anilines is 4. The Hall–Kier alpha value is -6.30. The molecule has 3 aromatic heterocycles. The number of fused-ring (bicyclic) bond motifs is 1. The number of amides is 3. The van der Waals surface area contributed by atoms with Gasteiger partial charge >= 0.3 is 6.03 Å². The van der Waals surface area contributed by atoms with Crippen LogP contribution in [-0.4, -0.2) is 54.7 Å². The van der Waals surface area contributed by atoms with E-state index in [0.717, 1.165) is 60.1 Å². The lowest BCUT2D eigenvalue weighted by molar-refractivity contribution is 0.0786. The van der Waals surface area contributed by atoms with Gasteiger partial charge in [0.25, 0.3) is 5.91 Å². The summed E-state index contributed by atoms with van der Waals surface area (Å²) >= 11 is 0. The monoisotopic (exact) mass is 709 g/mol. The van der Waals surface area contributed by atoms with Gasteiger partial charge < -0.3 is 20.3 Å². The van der Waals surface area contributed by atoms with E-state index in [1.54, 1.807) is 22.0 Å². The molecule has 0 radical (unpaired) electrons. The first kappa shape index (κ1) is 35.1. The van der Waals surface area contributed by atoms with Crippen LogP contribution < -0.4 is 20.7 Å². The van der Waals surface area contributed by atoms with Crippen LogP contribution in [0.25, 0.3) is 16.5 Å². The Morgan fingerprint density at radius 1 is 0.811 bits per heavy atom. The van der Waals surface area contributed by atoms with Crippen molar-refractivity contribution in [1.29, 1.82) is 0 Å². The van der Waals surface area contributed by atoms with E-state index in [0.29, 0.717) is 34.6 Å². The molecule has 0 spiro atoms. The summed E-state index contributed by atoms with van der Waals surface area (Å²) in [5.74, 6) is 2.21. The number of hydrogen-bond acceptors (Lipinski definition) is 8. The zero-order valence-corrected chi connectivity index (χ0v) is 30.4. The second kappa shape index (κ2) is 15.1. The molecule has 1 saturated heterocycles. The zero-order valence-electron chi connectivity index (χ0n) is 30.4. The summed E-state index contributed by atoms with van der Waals surface area (Å²) in [6, 6.07) is 25.0. The molecule has 0 atom stereocenters. The Morgan fingerprint density at radius 3 is 2.38 bits per heavy atom. The molecule has 0 bridgehead atoms. The molecule has 1 aliphatic rings. The number of nitrogens with one attached hydrogen (secondary N) is 3. The van der Waals surface area contributed by atoms with Crippen LogP contribution in [0.3, 0.4) is 0 Å². The molecule has 53 heavy (non-hydrogen) atoms. The van der Waals surface area contributed by atoms with Gasteiger partial charge in [0.1, 0.15) is 35.5 Å². The molecule has 12 heteroatoms. The predicted octanol–water partition coefficient (Wildman–Crippen LogP) is 8.27. The minimum absolute atomic E-state index is 0.0921. The van der Waals surface area contributed by atoms with Crippen LogP contribution in [0.5, 0.6) is 5.75 Å². The SMILES string of the molecule is CCc1cccc(-n2nc(C(C)(C)C)cc2NC(=O)Nc2ccc(OCc3ccnc(Nc4cnc(C(=O)N5CCCC5)cn4)c3)c3ccccc23)c1. The topological polar surface area (TPSA) is 139 Å². The number of pyridine rings is 1. The number of likely N-dealkylation sites (tertiary alicyclic amines) is 1. The molecule has 3 aromatic carbocycles. The molecule has 3 amide bonds. The van der Waals surface area contributed by atoms with Gasteiger partial charge in [-0.1, -0.05) is 64.1 Å². The Morgan fingerprint density at radius 2 is 1.62 bits per heavy atom. The Bertz CT molecular complexity index is 2250. The lowest BCUT2D eigenvalue weighted by Crippen LogP contribution is -2.28. The molecule has 7 rings (SSSR count). The van der Waals surface area contributed by atoms with Crippen molar-refractivity contribution in [3.05, 3.63) is 120 Å². The van der Waals surface area contributed by atoms with E-state index in [9.17, 15) is 9.59 Å². The third-order valence-electron chi connectivity index (χ3n) is 9.15. The fourth-order valence-electron chi connectivity index (χ4n) is 6.23. The van der Waals surface area contributed by atoms with Crippen molar-refractivity contribution in [2.24, 2.45) is 0 Å². The maximum Gasteiger partial charge on any atom is 0.324 e. The van der Waals surface area contributed by atoms with Crippen LogP contribution in [0.1, 0.15) is 67.8 Å². The van der Waals surface area contributed by atoms with Crippen LogP contribution in [0.15, 0.2) is 97.5 Å². The van der Waals surface area contributed by atoms with Gasteiger partial charge in [-0.25, -0.2) is 24.4 Å². The maximum atomic E-state index is 13.5. The second-order valence-electron chi connectivity index (χ2n) is 14.1.